The van der Waals surface area contributed by atoms with Gasteiger partial charge in [0.25, 0.3) is 0 Å². The Morgan fingerprint density at radius 1 is 1.50 bits per heavy atom. The van der Waals surface area contributed by atoms with Crippen molar-refractivity contribution < 1.29 is 4.79 Å². The van der Waals surface area contributed by atoms with Crippen molar-refractivity contribution >= 4 is 28.3 Å². The molecule has 1 aromatic heterocycles. The normalized spacial score (nSPS) is 13.0. The van der Waals surface area contributed by atoms with Gasteiger partial charge in [-0.2, -0.15) is 0 Å². The molecule has 2 rings (SSSR count). The van der Waals surface area contributed by atoms with E-state index >= 15 is 0 Å². The Morgan fingerprint density at radius 3 is 2.75 bits per heavy atom. The molecule has 3 nitrogen and oxygen atoms in total. The molecule has 0 saturated heterocycles. The number of hydrogen-bond donors (Lipinski definition) is 1. The van der Waals surface area contributed by atoms with Crippen molar-refractivity contribution in [3.8, 4) is 0 Å². The first-order chi connectivity index (χ1) is 7.52. The summed E-state index contributed by atoms with van der Waals surface area (Å²) in [6.07, 6.45) is 0. The van der Waals surface area contributed by atoms with Crippen molar-refractivity contribution in [2.45, 2.75) is 13.0 Å². The lowest BCUT2D eigenvalue weighted by Gasteiger charge is -2.05. The topological polar surface area (TPSA) is 48.0 Å². The molecule has 0 aliphatic carbocycles. The van der Waals surface area contributed by atoms with E-state index in [1.165, 1.54) is 0 Å². The molecule has 1 aromatic carbocycles. The molecule has 0 radical (unpaired) electrons. The summed E-state index contributed by atoms with van der Waals surface area (Å²) in [4.78, 5) is 11.9. The second-order valence-corrected chi connectivity index (χ2v) is 4.32. The van der Waals surface area contributed by atoms with Gasteiger partial charge in [-0.25, -0.2) is 0 Å². The van der Waals surface area contributed by atoms with Gasteiger partial charge in [0, 0.05) is 23.0 Å². The highest BCUT2D eigenvalue weighted by Gasteiger charge is 2.17. The number of fused-ring (bicyclic) bond motifs is 1. The van der Waals surface area contributed by atoms with Crippen LogP contribution >= 0.6 is 11.6 Å². The second kappa shape index (κ2) is 3.92. The van der Waals surface area contributed by atoms with Crippen LogP contribution in [0.15, 0.2) is 24.3 Å². The van der Waals surface area contributed by atoms with Crippen LogP contribution in [-0.4, -0.2) is 16.4 Å². The van der Waals surface area contributed by atoms with E-state index in [1.54, 1.807) is 13.0 Å². The quantitative estimate of drug-likeness (QED) is 0.814. The zero-order chi connectivity index (χ0) is 11.9. The zero-order valence-electron chi connectivity index (χ0n) is 9.20. The molecule has 2 N–H and O–H groups in total. The van der Waals surface area contributed by atoms with Crippen LogP contribution in [0, 0.1) is 0 Å². The Balaban J connectivity index is 2.69. The number of Topliss-reactive ketones (excluding diaryl/α,β-unsaturated/α-hetero) is 1. The Hall–Kier alpha value is -1.32. The Bertz CT molecular complexity index is 557. The number of benzene rings is 1. The molecule has 0 saturated carbocycles. The predicted molar refractivity (Wildman–Crippen MR) is 65.9 cm³/mol. The molecule has 0 aliphatic rings. The summed E-state index contributed by atoms with van der Waals surface area (Å²) >= 11 is 6.07. The number of carbonyl (C=O) groups excluding carboxylic acids is 1. The number of aromatic nitrogens is 1. The second-order valence-electron chi connectivity index (χ2n) is 3.91. The third-order valence-electron chi connectivity index (χ3n) is 2.70. The molecule has 0 fully saturated rings. The van der Waals surface area contributed by atoms with E-state index in [0.29, 0.717) is 10.7 Å². The van der Waals surface area contributed by atoms with Crippen LogP contribution in [0.2, 0.25) is 5.02 Å². The van der Waals surface area contributed by atoms with Crippen molar-refractivity contribution in [3.63, 3.8) is 0 Å². The molecule has 1 heterocycles. The number of halogens is 1. The molecule has 0 spiro atoms. The van der Waals surface area contributed by atoms with Crippen molar-refractivity contribution in [3.05, 3.63) is 35.0 Å². The highest BCUT2D eigenvalue weighted by atomic mass is 35.5. The van der Waals surface area contributed by atoms with Gasteiger partial charge in [-0.3, -0.25) is 4.79 Å². The smallest absolute Gasteiger partial charge is 0.195 e. The maximum absolute atomic E-state index is 11.9. The Kier molecular flexibility index (Phi) is 2.74. The standard InChI is InChI=1S/C12H13ClN2O/c1-7(14)12(16)11-6-8-9(13)4-3-5-10(8)15(11)2/h3-7H,14H2,1-2H3. The van der Waals surface area contributed by atoms with Gasteiger partial charge in [0.2, 0.25) is 0 Å². The van der Waals surface area contributed by atoms with Gasteiger partial charge in [-0.05, 0) is 25.1 Å². The fourth-order valence-electron chi connectivity index (χ4n) is 1.79. The lowest BCUT2D eigenvalue weighted by Crippen LogP contribution is -2.28. The molecule has 2 aromatic rings. The summed E-state index contributed by atoms with van der Waals surface area (Å²) in [5.41, 5.74) is 7.14. The first kappa shape index (κ1) is 11.2. The largest absolute Gasteiger partial charge is 0.341 e. The first-order valence-corrected chi connectivity index (χ1v) is 5.44. The van der Waals surface area contributed by atoms with E-state index < -0.39 is 6.04 Å². The van der Waals surface area contributed by atoms with E-state index in [4.69, 9.17) is 17.3 Å². The van der Waals surface area contributed by atoms with Crippen molar-refractivity contribution in [2.75, 3.05) is 0 Å². The van der Waals surface area contributed by atoms with E-state index in [9.17, 15) is 4.79 Å². The summed E-state index contributed by atoms with van der Waals surface area (Å²) < 4.78 is 1.83. The molecule has 4 heteroatoms. The fourth-order valence-corrected chi connectivity index (χ4v) is 2.02. The number of aryl methyl sites for hydroxylation is 1. The number of hydrogen-bond acceptors (Lipinski definition) is 2. The van der Waals surface area contributed by atoms with Crippen LogP contribution in [0.1, 0.15) is 17.4 Å². The summed E-state index contributed by atoms with van der Waals surface area (Å²) in [6, 6.07) is 6.90. The maximum Gasteiger partial charge on any atom is 0.195 e. The van der Waals surface area contributed by atoms with Gasteiger partial charge in [-0.15, -0.1) is 0 Å². The highest BCUT2D eigenvalue weighted by molar-refractivity contribution is 6.35. The van der Waals surface area contributed by atoms with Crippen LogP contribution in [0.3, 0.4) is 0 Å². The van der Waals surface area contributed by atoms with Crippen LogP contribution < -0.4 is 5.73 Å². The van der Waals surface area contributed by atoms with Crippen molar-refractivity contribution in [1.29, 1.82) is 0 Å². The molecule has 0 bridgehead atoms. The van der Waals surface area contributed by atoms with Gasteiger partial charge in [-0.1, -0.05) is 17.7 Å². The van der Waals surface area contributed by atoms with Gasteiger partial charge in [0.05, 0.1) is 11.7 Å². The van der Waals surface area contributed by atoms with Crippen LogP contribution in [-0.2, 0) is 7.05 Å². The number of ketones is 1. The van der Waals surface area contributed by atoms with Crippen LogP contribution in [0.5, 0.6) is 0 Å². The highest BCUT2D eigenvalue weighted by Crippen LogP contribution is 2.26. The van der Waals surface area contributed by atoms with E-state index in [0.717, 1.165) is 10.9 Å². The van der Waals surface area contributed by atoms with Crippen molar-refractivity contribution in [2.24, 2.45) is 12.8 Å². The SMILES string of the molecule is CC(N)C(=O)c1cc2c(Cl)cccc2n1C. The summed E-state index contributed by atoms with van der Waals surface area (Å²) in [5, 5.41) is 1.53. The number of rotatable bonds is 2. The average Bonchev–Trinajstić information content (AvgIpc) is 2.57. The summed E-state index contributed by atoms with van der Waals surface area (Å²) in [6.45, 7) is 1.68. The lowest BCUT2D eigenvalue weighted by molar-refractivity contribution is 0.0960. The molecule has 16 heavy (non-hydrogen) atoms. The monoisotopic (exact) mass is 236 g/mol. The van der Waals surface area contributed by atoms with Gasteiger partial charge in [0.1, 0.15) is 0 Å². The van der Waals surface area contributed by atoms with E-state index in [2.05, 4.69) is 0 Å². The van der Waals surface area contributed by atoms with Gasteiger partial charge < -0.3 is 10.3 Å². The van der Waals surface area contributed by atoms with Crippen LogP contribution in [0.4, 0.5) is 0 Å². The lowest BCUT2D eigenvalue weighted by atomic mass is 10.1. The summed E-state index contributed by atoms with van der Waals surface area (Å²) in [5.74, 6) is -0.0743. The molecular weight excluding hydrogens is 224 g/mol. The van der Waals surface area contributed by atoms with Crippen LogP contribution in [0.25, 0.3) is 10.9 Å². The minimum absolute atomic E-state index is 0.0743. The molecule has 0 aliphatic heterocycles. The minimum atomic E-state index is -0.498. The van der Waals surface area contributed by atoms with E-state index in [-0.39, 0.29) is 5.78 Å². The third-order valence-corrected chi connectivity index (χ3v) is 3.03. The first-order valence-electron chi connectivity index (χ1n) is 5.06. The molecule has 1 unspecified atom stereocenters. The maximum atomic E-state index is 11.9. The Labute approximate surface area is 98.8 Å². The molecule has 1 atom stereocenters. The van der Waals surface area contributed by atoms with Gasteiger partial charge >= 0.3 is 0 Å². The minimum Gasteiger partial charge on any atom is -0.341 e. The van der Waals surface area contributed by atoms with Crippen molar-refractivity contribution in [1.82, 2.24) is 4.57 Å². The number of nitrogens with two attached hydrogens (primary N) is 1. The Morgan fingerprint density at radius 2 is 2.19 bits per heavy atom. The number of carbonyl (C=O) groups is 1. The molecule has 0 amide bonds. The zero-order valence-corrected chi connectivity index (χ0v) is 9.95. The average molecular weight is 237 g/mol. The van der Waals surface area contributed by atoms with Gasteiger partial charge in [0.15, 0.2) is 5.78 Å². The molecule has 84 valence electrons. The fraction of sp³-hybridized carbons (Fsp3) is 0.250. The number of nitrogens with zero attached hydrogens (tertiary/aromatic N) is 1. The summed E-state index contributed by atoms with van der Waals surface area (Å²) in [7, 11) is 1.84. The third kappa shape index (κ3) is 1.62. The molecular formula is C12H13ClN2O. The predicted octanol–water partition coefficient (Wildman–Crippen LogP) is 2.36. The van der Waals surface area contributed by atoms with E-state index in [1.807, 2.05) is 29.8 Å².